The van der Waals surface area contributed by atoms with Gasteiger partial charge in [-0.1, -0.05) is 103 Å². The lowest BCUT2D eigenvalue weighted by molar-refractivity contribution is 0.673. The Bertz CT molecular complexity index is 3410. The van der Waals surface area contributed by atoms with Crippen LogP contribution in [0.1, 0.15) is 0 Å². The first-order chi connectivity index (χ1) is 25.8. The monoisotopic (exact) mass is 663 g/mol. The average Bonchev–Trinajstić information content (AvgIpc) is 3.94. The van der Waals surface area contributed by atoms with Crippen molar-refractivity contribution in [3.63, 3.8) is 0 Å². The molecular formula is C48H29N3O. The summed E-state index contributed by atoms with van der Waals surface area (Å²) in [4.78, 5) is 0. The Balaban J connectivity index is 1.16. The zero-order chi connectivity index (χ0) is 33.9. The van der Waals surface area contributed by atoms with Crippen LogP contribution in [0.3, 0.4) is 0 Å². The molecule has 8 aromatic carbocycles. The third-order valence-electron chi connectivity index (χ3n) is 11.0. The van der Waals surface area contributed by atoms with E-state index in [9.17, 15) is 0 Å². The summed E-state index contributed by atoms with van der Waals surface area (Å²) in [6, 6.07) is 63.4. The molecule has 0 saturated carbocycles. The Labute approximate surface area is 297 Å². The number of benzene rings is 8. The lowest BCUT2D eigenvalue weighted by Crippen LogP contribution is -1.98. The standard InChI is InChI=1S/C48H29N3O/c1-2-13-30(14-3-1)51-39-21-8-4-17-33(39)35-25-27-42-45(47(35)51)37-19-5-9-22-40(37)49(42)31-15-12-16-32(29-31)50-41-23-10-6-20-38(41)46-43(50)28-26-36-34-18-7-11-24-44(34)52-48(36)46/h1-29H. The fourth-order valence-electron chi connectivity index (χ4n) is 8.92. The second-order valence-electron chi connectivity index (χ2n) is 13.7. The third-order valence-corrected chi connectivity index (χ3v) is 11.0. The minimum atomic E-state index is 0.913. The molecule has 0 saturated heterocycles. The van der Waals surface area contributed by atoms with Gasteiger partial charge in [-0.05, 0) is 72.8 Å². The molecule has 0 amide bonds. The predicted octanol–water partition coefficient (Wildman–Crippen LogP) is 12.9. The summed E-state index contributed by atoms with van der Waals surface area (Å²) in [6.07, 6.45) is 0. The summed E-state index contributed by atoms with van der Waals surface area (Å²) in [5.41, 5.74) is 12.3. The number of nitrogens with zero attached hydrogens (tertiary/aromatic N) is 3. The van der Waals surface area contributed by atoms with Crippen LogP contribution in [0.25, 0.3) is 104 Å². The highest BCUT2D eigenvalue weighted by molar-refractivity contribution is 6.26. The Morgan fingerprint density at radius 1 is 0.308 bits per heavy atom. The quantitative estimate of drug-likeness (QED) is 0.185. The first kappa shape index (κ1) is 27.7. The molecule has 0 radical (unpaired) electrons. The number of aromatic nitrogens is 3. The molecule has 0 aliphatic rings. The van der Waals surface area contributed by atoms with Gasteiger partial charge in [-0.25, -0.2) is 0 Å². The van der Waals surface area contributed by atoms with Gasteiger partial charge < -0.3 is 18.1 Å². The van der Waals surface area contributed by atoms with E-state index in [2.05, 4.69) is 184 Å². The van der Waals surface area contributed by atoms with Crippen LogP contribution in [-0.2, 0) is 0 Å². The van der Waals surface area contributed by atoms with Gasteiger partial charge in [0.15, 0.2) is 0 Å². The van der Waals surface area contributed by atoms with E-state index >= 15 is 0 Å². The van der Waals surface area contributed by atoms with Gasteiger partial charge in [0.1, 0.15) is 11.2 Å². The van der Waals surface area contributed by atoms with E-state index in [1.807, 2.05) is 6.07 Å². The van der Waals surface area contributed by atoms with Gasteiger partial charge in [0.05, 0.1) is 38.5 Å². The van der Waals surface area contributed by atoms with Gasteiger partial charge in [-0.15, -0.1) is 0 Å². The topological polar surface area (TPSA) is 27.9 Å². The molecule has 0 unspecified atom stereocenters. The Morgan fingerprint density at radius 3 is 1.54 bits per heavy atom. The molecule has 0 bridgehead atoms. The molecule has 4 heterocycles. The molecule has 4 nitrogen and oxygen atoms in total. The molecule has 12 rings (SSSR count). The smallest absolute Gasteiger partial charge is 0.145 e. The maximum Gasteiger partial charge on any atom is 0.145 e. The van der Waals surface area contributed by atoms with Gasteiger partial charge >= 0.3 is 0 Å². The molecule has 0 aliphatic carbocycles. The van der Waals surface area contributed by atoms with E-state index in [0.29, 0.717) is 0 Å². The van der Waals surface area contributed by atoms with E-state index in [0.717, 1.165) is 55.4 Å². The van der Waals surface area contributed by atoms with Gasteiger partial charge in [0.2, 0.25) is 0 Å². The molecule has 0 atom stereocenters. The largest absolute Gasteiger partial charge is 0.455 e. The first-order valence-electron chi connectivity index (χ1n) is 17.8. The number of hydrogen-bond acceptors (Lipinski definition) is 1. The number of hydrogen-bond donors (Lipinski definition) is 0. The van der Waals surface area contributed by atoms with Crippen molar-refractivity contribution < 1.29 is 4.42 Å². The molecule has 0 aliphatic heterocycles. The summed E-state index contributed by atoms with van der Waals surface area (Å²) in [7, 11) is 0. The second-order valence-corrected chi connectivity index (χ2v) is 13.7. The van der Waals surface area contributed by atoms with Gasteiger partial charge in [-0.3, -0.25) is 0 Å². The molecule has 242 valence electrons. The van der Waals surface area contributed by atoms with Crippen LogP contribution in [0.5, 0.6) is 0 Å². The van der Waals surface area contributed by atoms with Crippen LogP contribution in [0, 0.1) is 0 Å². The fraction of sp³-hybridized carbons (Fsp3) is 0. The van der Waals surface area contributed by atoms with Crippen LogP contribution in [0.15, 0.2) is 180 Å². The molecule has 0 N–H and O–H groups in total. The Hall–Kier alpha value is -7.04. The maximum atomic E-state index is 6.58. The molecule has 0 fully saturated rings. The number of fused-ring (bicyclic) bond motifs is 14. The van der Waals surface area contributed by atoms with Crippen molar-refractivity contribution in [2.45, 2.75) is 0 Å². The SMILES string of the molecule is c1ccc(-n2c3ccccc3c3ccc4c(c5ccccc5n4-c4cccc(-n5c6ccccc6c6c7oc8ccccc8c7ccc65)c4)c32)cc1. The number of para-hydroxylation sites is 5. The first-order valence-corrected chi connectivity index (χ1v) is 17.8. The average molecular weight is 664 g/mol. The lowest BCUT2D eigenvalue weighted by Gasteiger charge is -2.13. The predicted molar refractivity (Wildman–Crippen MR) is 217 cm³/mol. The molecule has 12 aromatic rings. The highest BCUT2D eigenvalue weighted by atomic mass is 16.3. The number of furan rings is 1. The van der Waals surface area contributed by atoms with Crippen LogP contribution >= 0.6 is 0 Å². The third kappa shape index (κ3) is 3.60. The summed E-state index contributed by atoms with van der Waals surface area (Å²) in [5.74, 6) is 0. The highest BCUT2D eigenvalue weighted by Gasteiger charge is 2.22. The van der Waals surface area contributed by atoms with E-state index in [1.54, 1.807) is 0 Å². The Morgan fingerprint density at radius 2 is 0.827 bits per heavy atom. The maximum absolute atomic E-state index is 6.58. The van der Waals surface area contributed by atoms with Crippen molar-refractivity contribution in [2.75, 3.05) is 0 Å². The van der Waals surface area contributed by atoms with Crippen LogP contribution in [-0.4, -0.2) is 13.7 Å². The van der Waals surface area contributed by atoms with Gasteiger partial charge in [0, 0.05) is 54.8 Å². The van der Waals surface area contributed by atoms with Crippen molar-refractivity contribution >= 4 is 87.4 Å². The van der Waals surface area contributed by atoms with Crippen molar-refractivity contribution in [2.24, 2.45) is 0 Å². The van der Waals surface area contributed by atoms with Crippen molar-refractivity contribution in [1.82, 2.24) is 13.7 Å². The normalized spacial score (nSPS) is 12.2. The van der Waals surface area contributed by atoms with E-state index in [1.165, 1.54) is 49.0 Å². The van der Waals surface area contributed by atoms with Gasteiger partial charge in [-0.2, -0.15) is 0 Å². The lowest BCUT2D eigenvalue weighted by atomic mass is 10.1. The van der Waals surface area contributed by atoms with Crippen molar-refractivity contribution in [1.29, 1.82) is 0 Å². The van der Waals surface area contributed by atoms with Crippen LogP contribution < -0.4 is 0 Å². The minimum absolute atomic E-state index is 0.913. The summed E-state index contributed by atoms with van der Waals surface area (Å²) in [6.45, 7) is 0. The van der Waals surface area contributed by atoms with E-state index in [-0.39, 0.29) is 0 Å². The fourth-order valence-corrected chi connectivity index (χ4v) is 8.92. The van der Waals surface area contributed by atoms with Crippen molar-refractivity contribution in [3.8, 4) is 17.1 Å². The molecule has 0 spiro atoms. The zero-order valence-corrected chi connectivity index (χ0v) is 28.0. The summed E-state index contributed by atoms with van der Waals surface area (Å²) in [5, 5.41) is 9.61. The van der Waals surface area contributed by atoms with E-state index in [4.69, 9.17) is 4.42 Å². The van der Waals surface area contributed by atoms with Crippen LogP contribution in [0.2, 0.25) is 0 Å². The summed E-state index contributed by atoms with van der Waals surface area (Å²) < 4.78 is 13.8. The van der Waals surface area contributed by atoms with E-state index < -0.39 is 0 Å². The number of rotatable bonds is 3. The Kier molecular flexibility index (Phi) is 5.47. The minimum Gasteiger partial charge on any atom is -0.455 e. The second kappa shape index (κ2) is 10.3. The molecular weight excluding hydrogens is 635 g/mol. The molecule has 52 heavy (non-hydrogen) atoms. The molecule has 4 aromatic heterocycles. The van der Waals surface area contributed by atoms with Gasteiger partial charge in [0.25, 0.3) is 0 Å². The molecule has 4 heteroatoms. The highest BCUT2D eigenvalue weighted by Crippen LogP contribution is 2.43. The summed E-state index contributed by atoms with van der Waals surface area (Å²) >= 11 is 0. The zero-order valence-electron chi connectivity index (χ0n) is 28.0. The van der Waals surface area contributed by atoms with Crippen molar-refractivity contribution in [3.05, 3.63) is 176 Å². The van der Waals surface area contributed by atoms with Crippen LogP contribution in [0.4, 0.5) is 0 Å².